The Morgan fingerprint density at radius 2 is 1.83 bits per heavy atom. The van der Waals surface area contributed by atoms with Crippen LogP contribution in [0.4, 0.5) is 5.69 Å². The number of anilines is 1. The summed E-state index contributed by atoms with van der Waals surface area (Å²) in [7, 11) is 0. The van der Waals surface area contributed by atoms with Gasteiger partial charge in [-0.1, -0.05) is 17.7 Å². The van der Waals surface area contributed by atoms with Crippen molar-refractivity contribution in [2.75, 3.05) is 18.5 Å². The van der Waals surface area contributed by atoms with Gasteiger partial charge in [-0.25, -0.2) is 0 Å². The van der Waals surface area contributed by atoms with Crippen molar-refractivity contribution >= 4 is 11.5 Å². The normalized spacial score (nSPS) is 13.6. The largest absolute Gasteiger partial charge is 0.457 e. The van der Waals surface area contributed by atoms with Crippen LogP contribution in [0.15, 0.2) is 53.5 Å². The highest BCUT2D eigenvalue weighted by atomic mass is 16.5. The van der Waals surface area contributed by atoms with Crippen molar-refractivity contribution < 1.29 is 9.47 Å². The maximum absolute atomic E-state index is 6.28. The molecule has 2 aromatic carbocycles. The van der Waals surface area contributed by atoms with E-state index in [9.17, 15) is 0 Å². The fraction of sp³-hybridized carbons (Fsp3) is 0.423. The third kappa shape index (κ3) is 6.20. The number of hydrogen-bond donors (Lipinski definition) is 1. The lowest BCUT2D eigenvalue weighted by Crippen LogP contribution is -2.26. The molecule has 0 saturated heterocycles. The third-order valence-electron chi connectivity index (χ3n) is 5.01. The quantitative estimate of drug-likeness (QED) is 0.272. The van der Waals surface area contributed by atoms with Crippen LogP contribution in [0.5, 0.6) is 11.5 Å². The predicted molar refractivity (Wildman–Crippen MR) is 128 cm³/mol. The highest BCUT2D eigenvalue weighted by Crippen LogP contribution is 2.36. The summed E-state index contributed by atoms with van der Waals surface area (Å²) in [6.07, 6.45) is 0.765. The fourth-order valence-corrected chi connectivity index (χ4v) is 3.65. The molecule has 0 aliphatic carbocycles. The molecule has 162 valence electrons. The Bertz CT molecular complexity index is 917. The van der Waals surface area contributed by atoms with Crippen LogP contribution in [-0.4, -0.2) is 19.0 Å². The Morgan fingerprint density at radius 3 is 2.47 bits per heavy atom. The number of aliphatic imine (C=N–C) groups is 1. The average Bonchev–Trinajstić information content (AvgIpc) is 2.66. The molecule has 0 heterocycles. The third-order valence-corrected chi connectivity index (χ3v) is 5.01. The van der Waals surface area contributed by atoms with Crippen LogP contribution in [0.2, 0.25) is 0 Å². The van der Waals surface area contributed by atoms with Gasteiger partial charge in [0.2, 0.25) is 0 Å². The van der Waals surface area contributed by atoms with Crippen LogP contribution in [0.25, 0.3) is 0 Å². The van der Waals surface area contributed by atoms with Crippen molar-refractivity contribution in [3.63, 3.8) is 0 Å². The van der Waals surface area contributed by atoms with E-state index in [-0.39, 0.29) is 0 Å². The van der Waals surface area contributed by atoms with Crippen molar-refractivity contribution in [1.82, 2.24) is 0 Å². The first-order valence-corrected chi connectivity index (χ1v) is 10.6. The van der Waals surface area contributed by atoms with Crippen LogP contribution < -0.4 is 10.1 Å². The lowest BCUT2D eigenvalue weighted by molar-refractivity contribution is -0.0290. The van der Waals surface area contributed by atoms with Gasteiger partial charge in [-0.15, -0.1) is 6.58 Å². The summed E-state index contributed by atoms with van der Waals surface area (Å²) in [4.78, 5) is 4.41. The molecule has 2 aromatic rings. The van der Waals surface area contributed by atoms with E-state index in [4.69, 9.17) is 9.47 Å². The summed E-state index contributed by atoms with van der Waals surface area (Å²) in [6.45, 7) is 19.8. The van der Waals surface area contributed by atoms with Gasteiger partial charge in [0.05, 0.1) is 11.4 Å². The van der Waals surface area contributed by atoms with Crippen molar-refractivity contribution in [2.45, 2.75) is 60.5 Å². The lowest BCUT2D eigenvalue weighted by Gasteiger charge is -2.30. The molecule has 1 unspecified atom stereocenters. The van der Waals surface area contributed by atoms with Gasteiger partial charge in [-0.2, -0.15) is 0 Å². The molecule has 0 aliphatic heterocycles. The van der Waals surface area contributed by atoms with Crippen LogP contribution in [-0.2, 0) is 10.3 Å². The van der Waals surface area contributed by atoms with E-state index in [1.54, 1.807) is 0 Å². The van der Waals surface area contributed by atoms with Crippen LogP contribution in [0.3, 0.4) is 0 Å². The SMILES string of the molecule is C=C(C)CC(C)(OCC)c1cccc(Oc2cc(C)c(NC(C)=NCC)cc2C)c1. The molecule has 0 spiro atoms. The molecule has 1 atom stereocenters. The Balaban J connectivity index is 2.30. The van der Waals surface area contributed by atoms with Crippen molar-refractivity contribution in [2.24, 2.45) is 4.99 Å². The molecule has 4 heteroatoms. The van der Waals surface area contributed by atoms with Gasteiger partial charge >= 0.3 is 0 Å². The minimum Gasteiger partial charge on any atom is -0.457 e. The number of benzene rings is 2. The number of aryl methyl sites for hydroxylation is 2. The predicted octanol–water partition coefficient (Wildman–Crippen LogP) is 7.16. The lowest BCUT2D eigenvalue weighted by atomic mass is 9.89. The molecule has 0 aromatic heterocycles. The molecular formula is C26H36N2O2. The van der Waals surface area contributed by atoms with E-state index in [1.807, 2.05) is 39.8 Å². The molecule has 0 aliphatic rings. The topological polar surface area (TPSA) is 42.9 Å². The fourth-order valence-electron chi connectivity index (χ4n) is 3.65. The Labute approximate surface area is 182 Å². The molecule has 0 radical (unpaired) electrons. The first-order chi connectivity index (χ1) is 14.2. The molecule has 0 amide bonds. The number of ether oxygens (including phenoxy) is 2. The zero-order chi connectivity index (χ0) is 22.3. The first kappa shape index (κ1) is 23.7. The van der Waals surface area contributed by atoms with Crippen LogP contribution >= 0.6 is 0 Å². The molecule has 0 bridgehead atoms. The molecule has 0 fully saturated rings. The van der Waals surface area contributed by atoms with Gasteiger partial charge in [0.1, 0.15) is 11.5 Å². The number of hydrogen-bond acceptors (Lipinski definition) is 3. The van der Waals surface area contributed by atoms with E-state index < -0.39 is 5.60 Å². The van der Waals surface area contributed by atoms with E-state index in [2.05, 4.69) is 61.9 Å². The van der Waals surface area contributed by atoms with Crippen LogP contribution in [0, 0.1) is 13.8 Å². The summed E-state index contributed by atoms with van der Waals surface area (Å²) < 4.78 is 12.4. The first-order valence-electron chi connectivity index (χ1n) is 10.6. The summed E-state index contributed by atoms with van der Waals surface area (Å²) >= 11 is 0. The zero-order valence-corrected chi connectivity index (χ0v) is 19.6. The summed E-state index contributed by atoms with van der Waals surface area (Å²) in [6, 6.07) is 12.3. The second kappa shape index (κ2) is 10.4. The summed E-state index contributed by atoms with van der Waals surface area (Å²) in [5.41, 5.74) is 4.98. The number of amidine groups is 1. The summed E-state index contributed by atoms with van der Waals surface area (Å²) in [5, 5.41) is 3.37. The minimum atomic E-state index is -0.422. The second-order valence-corrected chi connectivity index (χ2v) is 8.05. The smallest absolute Gasteiger partial charge is 0.130 e. The Hall–Kier alpha value is -2.59. The van der Waals surface area contributed by atoms with E-state index in [1.165, 1.54) is 0 Å². The van der Waals surface area contributed by atoms with Gasteiger partial charge in [0.25, 0.3) is 0 Å². The minimum absolute atomic E-state index is 0.422. The van der Waals surface area contributed by atoms with E-state index in [0.29, 0.717) is 6.61 Å². The van der Waals surface area contributed by atoms with Gasteiger partial charge in [-0.3, -0.25) is 4.99 Å². The number of rotatable bonds is 9. The van der Waals surface area contributed by atoms with Crippen molar-refractivity contribution in [1.29, 1.82) is 0 Å². The van der Waals surface area contributed by atoms with E-state index >= 15 is 0 Å². The van der Waals surface area contributed by atoms with Crippen molar-refractivity contribution in [3.05, 3.63) is 65.2 Å². The van der Waals surface area contributed by atoms with Gasteiger partial charge in [0.15, 0.2) is 0 Å². The zero-order valence-electron chi connectivity index (χ0n) is 19.6. The standard InChI is InChI=1S/C26H36N2O2/c1-9-27-21(7)28-24-14-20(6)25(15-19(24)5)30-23-13-11-12-22(16-23)26(8,29-10-2)17-18(3)4/h11-16H,3,9-10,17H2,1-2,4-8H3,(H,27,28). The molecule has 1 N–H and O–H groups in total. The number of nitrogens with one attached hydrogen (secondary N) is 1. The molecule has 30 heavy (non-hydrogen) atoms. The molecular weight excluding hydrogens is 372 g/mol. The van der Waals surface area contributed by atoms with Crippen LogP contribution in [0.1, 0.15) is 57.7 Å². The monoisotopic (exact) mass is 408 g/mol. The Morgan fingerprint density at radius 1 is 1.10 bits per heavy atom. The average molecular weight is 409 g/mol. The number of nitrogens with zero attached hydrogens (tertiary/aromatic N) is 1. The molecule has 0 saturated carbocycles. The molecule has 4 nitrogen and oxygen atoms in total. The highest BCUT2D eigenvalue weighted by Gasteiger charge is 2.27. The second-order valence-electron chi connectivity index (χ2n) is 8.05. The molecule has 2 rings (SSSR count). The maximum Gasteiger partial charge on any atom is 0.130 e. The van der Waals surface area contributed by atoms with Gasteiger partial charge in [0, 0.05) is 25.3 Å². The summed E-state index contributed by atoms with van der Waals surface area (Å²) in [5.74, 6) is 2.56. The van der Waals surface area contributed by atoms with Gasteiger partial charge in [-0.05, 0) is 89.4 Å². The highest BCUT2D eigenvalue weighted by molar-refractivity contribution is 5.94. The Kier molecular flexibility index (Phi) is 8.24. The van der Waals surface area contributed by atoms with Crippen molar-refractivity contribution in [3.8, 4) is 11.5 Å². The van der Waals surface area contributed by atoms with E-state index in [0.717, 1.165) is 58.3 Å². The van der Waals surface area contributed by atoms with Gasteiger partial charge < -0.3 is 14.8 Å². The maximum atomic E-state index is 6.28.